The number of aryl methyl sites for hydroxylation is 1. The van der Waals surface area contributed by atoms with E-state index in [2.05, 4.69) is 41.4 Å². The van der Waals surface area contributed by atoms with Crippen LogP contribution >= 0.6 is 0 Å². The second-order valence-corrected chi connectivity index (χ2v) is 6.60. The summed E-state index contributed by atoms with van der Waals surface area (Å²) in [6.07, 6.45) is 1.32. The Morgan fingerprint density at radius 3 is 2.24 bits per heavy atom. The first-order valence-electron chi connectivity index (χ1n) is 8.83. The normalized spacial score (nSPS) is 13.5. The van der Waals surface area contributed by atoms with Crippen molar-refractivity contribution in [2.24, 2.45) is 5.73 Å². The van der Waals surface area contributed by atoms with E-state index in [-0.39, 0.29) is 18.0 Å². The van der Waals surface area contributed by atoms with E-state index in [0.717, 1.165) is 12.0 Å². The third-order valence-electron chi connectivity index (χ3n) is 4.52. The summed E-state index contributed by atoms with van der Waals surface area (Å²) in [5.74, 6) is -0.0200. The van der Waals surface area contributed by atoms with E-state index in [1.807, 2.05) is 44.4 Å². The van der Waals surface area contributed by atoms with Gasteiger partial charge in [-0.2, -0.15) is 0 Å². The van der Waals surface area contributed by atoms with Crippen molar-refractivity contribution in [3.8, 4) is 0 Å². The molecule has 2 unspecified atom stereocenters. The van der Waals surface area contributed by atoms with Crippen LogP contribution in [0, 0.1) is 0 Å². The maximum Gasteiger partial charge on any atom is 0.221 e. The molecule has 4 heteroatoms. The molecule has 2 aromatic carbocycles. The van der Waals surface area contributed by atoms with E-state index in [1.165, 1.54) is 11.1 Å². The number of hydrogen-bond acceptors (Lipinski definition) is 3. The summed E-state index contributed by atoms with van der Waals surface area (Å²) in [4.78, 5) is 14.4. The van der Waals surface area contributed by atoms with Gasteiger partial charge in [-0.15, -0.1) is 0 Å². The third-order valence-corrected chi connectivity index (χ3v) is 4.52. The van der Waals surface area contributed by atoms with Gasteiger partial charge in [-0.1, -0.05) is 61.5 Å². The first-order valence-corrected chi connectivity index (χ1v) is 8.83. The van der Waals surface area contributed by atoms with Gasteiger partial charge in [0, 0.05) is 19.0 Å². The minimum atomic E-state index is -0.275. The summed E-state index contributed by atoms with van der Waals surface area (Å²) < 4.78 is 0. The highest BCUT2D eigenvalue weighted by Crippen LogP contribution is 2.19. The van der Waals surface area contributed by atoms with Gasteiger partial charge in [0.2, 0.25) is 5.91 Å². The Labute approximate surface area is 151 Å². The highest BCUT2D eigenvalue weighted by atomic mass is 16.1. The van der Waals surface area contributed by atoms with E-state index >= 15 is 0 Å². The van der Waals surface area contributed by atoms with Crippen LogP contribution in [0.1, 0.15) is 42.1 Å². The molecule has 0 radical (unpaired) electrons. The summed E-state index contributed by atoms with van der Waals surface area (Å²) >= 11 is 0. The van der Waals surface area contributed by atoms with Gasteiger partial charge >= 0.3 is 0 Å². The number of carbonyl (C=O) groups excluding carboxylic acids is 1. The van der Waals surface area contributed by atoms with Gasteiger partial charge in [0.05, 0.1) is 6.04 Å². The van der Waals surface area contributed by atoms with Crippen LogP contribution in [-0.2, 0) is 11.2 Å². The summed E-state index contributed by atoms with van der Waals surface area (Å²) in [6, 6.07) is 18.2. The van der Waals surface area contributed by atoms with E-state index in [0.29, 0.717) is 13.0 Å². The molecule has 1 amide bonds. The molecule has 0 aromatic heterocycles. The Morgan fingerprint density at radius 2 is 1.68 bits per heavy atom. The van der Waals surface area contributed by atoms with Gasteiger partial charge in [-0.05, 0) is 37.2 Å². The lowest BCUT2D eigenvalue weighted by atomic mass is 10.0. The van der Waals surface area contributed by atoms with Crippen molar-refractivity contribution >= 4 is 5.91 Å². The van der Waals surface area contributed by atoms with Crippen molar-refractivity contribution in [3.05, 3.63) is 71.3 Å². The maximum atomic E-state index is 12.3. The minimum Gasteiger partial charge on any atom is -0.354 e. The second kappa shape index (κ2) is 9.35. The zero-order valence-corrected chi connectivity index (χ0v) is 15.4. The molecule has 0 bridgehead atoms. The fourth-order valence-electron chi connectivity index (χ4n) is 2.87. The standard InChI is InChI=1S/C21H29N3O/c1-4-16-10-12-18(13-11-16)20(24(2)3)15-23-21(25)14-19(22)17-8-6-5-7-9-17/h5-13,19-20H,4,14-15,22H2,1-3H3,(H,23,25). The fourth-order valence-corrected chi connectivity index (χ4v) is 2.87. The Balaban J connectivity index is 1.92. The number of carbonyl (C=O) groups is 1. The van der Waals surface area contributed by atoms with Crippen molar-refractivity contribution in [2.45, 2.75) is 31.8 Å². The summed E-state index contributed by atoms with van der Waals surface area (Å²) in [7, 11) is 4.06. The zero-order valence-electron chi connectivity index (χ0n) is 15.4. The molecule has 2 aromatic rings. The Hall–Kier alpha value is -2.17. The van der Waals surface area contributed by atoms with Crippen LogP contribution < -0.4 is 11.1 Å². The Kier molecular flexibility index (Phi) is 7.16. The van der Waals surface area contributed by atoms with E-state index < -0.39 is 0 Å². The largest absolute Gasteiger partial charge is 0.354 e. The number of benzene rings is 2. The Bertz CT molecular complexity index is 653. The molecule has 0 aliphatic rings. The lowest BCUT2D eigenvalue weighted by molar-refractivity contribution is -0.121. The molecule has 134 valence electrons. The predicted octanol–water partition coefficient (Wildman–Crippen LogP) is 3.06. The molecule has 0 aliphatic heterocycles. The molecule has 2 atom stereocenters. The van der Waals surface area contributed by atoms with Crippen LogP contribution in [-0.4, -0.2) is 31.4 Å². The topological polar surface area (TPSA) is 58.4 Å². The number of likely N-dealkylation sites (N-methyl/N-ethyl adjacent to an activating group) is 1. The number of nitrogens with two attached hydrogens (primary N) is 1. The molecule has 0 aliphatic carbocycles. The highest BCUT2D eigenvalue weighted by Gasteiger charge is 2.17. The number of nitrogens with one attached hydrogen (secondary N) is 1. The monoisotopic (exact) mass is 339 g/mol. The minimum absolute atomic E-state index is 0.0200. The van der Waals surface area contributed by atoms with Crippen molar-refractivity contribution in [1.29, 1.82) is 0 Å². The van der Waals surface area contributed by atoms with Crippen LogP contribution in [0.3, 0.4) is 0 Å². The van der Waals surface area contributed by atoms with Crippen molar-refractivity contribution in [1.82, 2.24) is 10.2 Å². The van der Waals surface area contributed by atoms with Crippen LogP contribution in [0.2, 0.25) is 0 Å². The van der Waals surface area contributed by atoms with Crippen molar-refractivity contribution in [2.75, 3.05) is 20.6 Å². The predicted molar refractivity (Wildman–Crippen MR) is 103 cm³/mol. The molecule has 0 saturated carbocycles. The smallest absolute Gasteiger partial charge is 0.221 e. The van der Waals surface area contributed by atoms with Crippen LogP contribution in [0.5, 0.6) is 0 Å². The molecular formula is C21H29N3O. The average molecular weight is 339 g/mol. The summed E-state index contributed by atoms with van der Waals surface area (Å²) in [5, 5.41) is 3.03. The van der Waals surface area contributed by atoms with Crippen LogP contribution in [0.4, 0.5) is 0 Å². The average Bonchev–Trinajstić information content (AvgIpc) is 2.62. The molecular weight excluding hydrogens is 310 g/mol. The number of amides is 1. The van der Waals surface area contributed by atoms with E-state index in [1.54, 1.807) is 0 Å². The molecule has 2 rings (SSSR count). The number of hydrogen-bond donors (Lipinski definition) is 2. The zero-order chi connectivity index (χ0) is 18.2. The van der Waals surface area contributed by atoms with Gasteiger partial charge in [0.15, 0.2) is 0 Å². The van der Waals surface area contributed by atoms with Gasteiger partial charge in [-0.25, -0.2) is 0 Å². The van der Waals surface area contributed by atoms with Gasteiger partial charge in [-0.3, -0.25) is 4.79 Å². The van der Waals surface area contributed by atoms with E-state index in [9.17, 15) is 4.79 Å². The number of nitrogens with zero attached hydrogens (tertiary/aromatic N) is 1. The molecule has 0 heterocycles. The Morgan fingerprint density at radius 1 is 1.04 bits per heavy atom. The molecule has 0 fully saturated rings. The molecule has 3 N–H and O–H groups in total. The number of rotatable bonds is 8. The van der Waals surface area contributed by atoms with Gasteiger partial charge in [0.25, 0.3) is 0 Å². The van der Waals surface area contributed by atoms with Crippen molar-refractivity contribution in [3.63, 3.8) is 0 Å². The SMILES string of the molecule is CCc1ccc(C(CNC(=O)CC(N)c2ccccc2)N(C)C)cc1. The molecule has 0 saturated heterocycles. The van der Waals surface area contributed by atoms with Crippen LogP contribution in [0.25, 0.3) is 0 Å². The molecule has 4 nitrogen and oxygen atoms in total. The quantitative estimate of drug-likeness (QED) is 0.777. The van der Waals surface area contributed by atoms with E-state index in [4.69, 9.17) is 5.73 Å². The molecule has 25 heavy (non-hydrogen) atoms. The third kappa shape index (κ3) is 5.69. The highest BCUT2D eigenvalue weighted by molar-refractivity contribution is 5.76. The van der Waals surface area contributed by atoms with Gasteiger partial charge in [0.1, 0.15) is 0 Å². The summed E-state index contributed by atoms with van der Waals surface area (Å²) in [6.45, 7) is 2.72. The van der Waals surface area contributed by atoms with Gasteiger partial charge < -0.3 is 16.0 Å². The lowest BCUT2D eigenvalue weighted by Crippen LogP contribution is -2.35. The second-order valence-electron chi connectivity index (χ2n) is 6.60. The lowest BCUT2D eigenvalue weighted by Gasteiger charge is -2.25. The van der Waals surface area contributed by atoms with Crippen LogP contribution in [0.15, 0.2) is 54.6 Å². The maximum absolute atomic E-state index is 12.3. The first kappa shape index (κ1) is 19.2. The first-order chi connectivity index (χ1) is 12.0. The molecule has 0 spiro atoms. The fraction of sp³-hybridized carbons (Fsp3) is 0.381. The summed E-state index contributed by atoms with van der Waals surface area (Å²) in [5.41, 5.74) is 9.64. The van der Waals surface area contributed by atoms with Crippen molar-refractivity contribution < 1.29 is 4.79 Å².